The summed E-state index contributed by atoms with van der Waals surface area (Å²) >= 11 is 1.53. The predicted molar refractivity (Wildman–Crippen MR) is 144 cm³/mol. The van der Waals surface area contributed by atoms with E-state index >= 15 is 0 Å². The van der Waals surface area contributed by atoms with Gasteiger partial charge in [-0.25, -0.2) is 4.79 Å². The minimum Gasteiger partial charge on any atom is -0.449 e. The molecule has 5 heteroatoms. The fourth-order valence-corrected chi connectivity index (χ4v) is 5.71. The Morgan fingerprint density at radius 1 is 0.889 bits per heavy atom. The first-order valence-electron chi connectivity index (χ1n) is 12.1. The fourth-order valence-electron chi connectivity index (χ4n) is 4.70. The van der Waals surface area contributed by atoms with Crippen molar-refractivity contribution in [2.24, 2.45) is 0 Å². The van der Waals surface area contributed by atoms with Crippen LogP contribution in [0.5, 0.6) is 0 Å². The van der Waals surface area contributed by atoms with E-state index in [-0.39, 0.29) is 12.5 Å². The number of alkyl carbamates (subject to hydrolysis) is 1. The van der Waals surface area contributed by atoms with E-state index in [2.05, 4.69) is 54.7 Å². The van der Waals surface area contributed by atoms with Crippen molar-refractivity contribution >= 4 is 24.1 Å². The van der Waals surface area contributed by atoms with Crippen molar-refractivity contribution < 1.29 is 14.3 Å². The average Bonchev–Trinajstić information content (AvgIpc) is 3.25. The van der Waals surface area contributed by atoms with Crippen LogP contribution in [0.3, 0.4) is 0 Å². The third-order valence-electron chi connectivity index (χ3n) is 6.57. The summed E-state index contributed by atoms with van der Waals surface area (Å²) in [5.74, 6) is 0.0255. The van der Waals surface area contributed by atoms with Crippen molar-refractivity contribution in [2.45, 2.75) is 35.6 Å². The van der Waals surface area contributed by atoms with Crippen molar-refractivity contribution in [1.82, 2.24) is 5.32 Å². The van der Waals surface area contributed by atoms with Crippen LogP contribution in [0.2, 0.25) is 0 Å². The molecule has 0 fully saturated rings. The second kappa shape index (κ2) is 10.8. The SMILES string of the molecule is CCc1ccc(Sc2ccccc2C=O)c(CNC(=O)OCC2c3ccccc3-c3ccccc32)c1. The van der Waals surface area contributed by atoms with Gasteiger partial charge in [0.25, 0.3) is 0 Å². The lowest BCUT2D eigenvalue weighted by molar-refractivity contribution is 0.112. The van der Waals surface area contributed by atoms with Crippen molar-refractivity contribution in [1.29, 1.82) is 0 Å². The highest BCUT2D eigenvalue weighted by Gasteiger charge is 2.29. The van der Waals surface area contributed by atoms with E-state index < -0.39 is 6.09 Å². The van der Waals surface area contributed by atoms with Gasteiger partial charge in [-0.15, -0.1) is 0 Å². The van der Waals surface area contributed by atoms with E-state index in [0.717, 1.165) is 28.1 Å². The van der Waals surface area contributed by atoms with E-state index in [1.165, 1.54) is 39.6 Å². The molecule has 1 aliphatic carbocycles. The van der Waals surface area contributed by atoms with E-state index in [1.54, 1.807) is 0 Å². The number of aryl methyl sites for hydroxylation is 1. The van der Waals surface area contributed by atoms with E-state index in [1.807, 2.05) is 48.5 Å². The number of aldehydes is 1. The highest BCUT2D eigenvalue weighted by Crippen LogP contribution is 2.44. The number of amides is 1. The molecule has 1 amide bonds. The van der Waals surface area contributed by atoms with Crippen LogP contribution in [0.15, 0.2) is 101 Å². The van der Waals surface area contributed by atoms with Crippen LogP contribution in [-0.4, -0.2) is 19.0 Å². The second-order valence-corrected chi connectivity index (χ2v) is 9.82. The molecule has 1 N–H and O–H groups in total. The molecule has 4 aromatic carbocycles. The quantitative estimate of drug-likeness (QED) is 0.263. The van der Waals surface area contributed by atoms with Gasteiger partial charge in [-0.1, -0.05) is 97.5 Å². The zero-order valence-corrected chi connectivity index (χ0v) is 20.9. The van der Waals surface area contributed by atoms with E-state index in [0.29, 0.717) is 12.1 Å². The third-order valence-corrected chi connectivity index (χ3v) is 7.78. The molecule has 0 heterocycles. The molecule has 0 atom stereocenters. The predicted octanol–water partition coefficient (Wildman–Crippen LogP) is 7.25. The number of hydrogen-bond donors (Lipinski definition) is 1. The Kier molecular flexibility index (Phi) is 7.19. The van der Waals surface area contributed by atoms with Crippen molar-refractivity contribution in [3.05, 3.63) is 119 Å². The number of fused-ring (bicyclic) bond motifs is 3. The maximum Gasteiger partial charge on any atom is 0.407 e. The Morgan fingerprint density at radius 3 is 2.25 bits per heavy atom. The topological polar surface area (TPSA) is 55.4 Å². The van der Waals surface area contributed by atoms with Gasteiger partial charge in [-0.2, -0.15) is 0 Å². The molecule has 1 aliphatic rings. The summed E-state index contributed by atoms with van der Waals surface area (Å²) in [6, 6.07) is 30.4. The Labute approximate surface area is 215 Å². The molecule has 4 aromatic rings. The van der Waals surface area contributed by atoms with Gasteiger partial charge >= 0.3 is 6.09 Å². The Morgan fingerprint density at radius 2 is 1.56 bits per heavy atom. The Hall–Kier alpha value is -3.83. The molecular formula is C31H27NO3S. The number of nitrogens with one attached hydrogen (secondary N) is 1. The van der Waals surface area contributed by atoms with Gasteiger partial charge in [0.05, 0.1) is 0 Å². The summed E-state index contributed by atoms with van der Waals surface area (Å²) in [6.07, 6.45) is 1.33. The first-order chi connectivity index (χ1) is 17.7. The Balaban J connectivity index is 1.27. The first-order valence-corrected chi connectivity index (χ1v) is 12.9. The summed E-state index contributed by atoms with van der Waals surface area (Å²) in [5, 5.41) is 2.93. The van der Waals surface area contributed by atoms with Crippen LogP contribution >= 0.6 is 11.8 Å². The molecule has 0 spiro atoms. The molecule has 0 aromatic heterocycles. The number of carbonyl (C=O) groups excluding carboxylic acids is 2. The van der Waals surface area contributed by atoms with Gasteiger partial charge in [0.1, 0.15) is 6.61 Å². The maximum atomic E-state index is 12.7. The zero-order valence-electron chi connectivity index (χ0n) is 20.1. The molecular weight excluding hydrogens is 466 g/mol. The molecule has 0 saturated carbocycles. The Bertz CT molecular complexity index is 1370. The second-order valence-electron chi connectivity index (χ2n) is 8.73. The number of carbonyl (C=O) groups is 2. The van der Waals surface area contributed by atoms with Crippen LogP contribution in [0.1, 0.15) is 45.5 Å². The van der Waals surface area contributed by atoms with E-state index in [9.17, 15) is 9.59 Å². The number of hydrogen-bond acceptors (Lipinski definition) is 4. The van der Waals surface area contributed by atoms with Crippen LogP contribution in [0.25, 0.3) is 11.1 Å². The maximum absolute atomic E-state index is 12.7. The third kappa shape index (κ3) is 4.93. The smallest absolute Gasteiger partial charge is 0.407 e. The van der Waals surface area contributed by atoms with Crippen molar-refractivity contribution in [2.75, 3.05) is 6.61 Å². The summed E-state index contributed by atoms with van der Waals surface area (Å²) in [6.45, 7) is 2.73. The number of benzene rings is 4. The molecule has 36 heavy (non-hydrogen) atoms. The minimum atomic E-state index is -0.442. The van der Waals surface area contributed by atoms with E-state index in [4.69, 9.17) is 4.74 Å². The van der Waals surface area contributed by atoms with Gasteiger partial charge in [-0.05, 0) is 51.9 Å². The first kappa shape index (κ1) is 23.9. The number of rotatable bonds is 8. The molecule has 0 saturated heterocycles. The summed E-state index contributed by atoms with van der Waals surface area (Å²) in [4.78, 5) is 26.1. The largest absolute Gasteiger partial charge is 0.449 e. The van der Waals surface area contributed by atoms with Gasteiger partial charge in [0.15, 0.2) is 6.29 Å². The van der Waals surface area contributed by atoms with Gasteiger partial charge in [0.2, 0.25) is 0 Å². The van der Waals surface area contributed by atoms with Gasteiger partial charge < -0.3 is 10.1 Å². The molecule has 0 bridgehead atoms. The lowest BCUT2D eigenvalue weighted by Crippen LogP contribution is -2.26. The normalized spacial score (nSPS) is 12.0. The molecule has 4 nitrogen and oxygen atoms in total. The zero-order chi connectivity index (χ0) is 24.9. The average molecular weight is 494 g/mol. The van der Waals surface area contributed by atoms with Gasteiger partial charge in [-0.3, -0.25) is 4.79 Å². The molecule has 0 unspecified atom stereocenters. The van der Waals surface area contributed by atoms with Crippen LogP contribution in [-0.2, 0) is 17.7 Å². The number of ether oxygens (including phenoxy) is 1. The molecule has 0 radical (unpaired) electrons. The summed E-state index contributed by atoms with van der Waals surface area (Å²) in [7, 11) is 0. The van der Waals surface area contributed by atoms with Crippen molar-refractivity contribution in [3.8, 4) is 11.1 Å². The van der Waals surface area contributed by atoms with Crippen LogP contribution in [0, 0.1) is 0 Å². The fraction of sp³-hybridized carbons (Fsp3) is 0.161. The molecule has 5 rings (SSSR count). The van der Waals surface area contributed by atoms with Gasteiger partial charge in [0, 0.05) is 27.8 Å². The lowest BCUT2D eigenvalue weighted by atomic mass is 9.98. The minimum absolute atomic E-state index is 0.0255. The molecule has 180 valence electrons. The molecule has 0 aliphatic heterocycles. The summed E-state index contributed by atoms with van der Waals surface area (Å²) in [5.41, 5.74) is 7.62. The van der Waals surface area contributed by atoms with Crippen LogP contribution in [0.4, 0.5) is 4.79 Å². The van der Waals surface area contributed by atoms with Crippen molar-refractivity contribution in [3.63, 3.8) is 0 Å². The monoisotopic (exact) mass is 493 g/mol. The van der Waals surface area contributed by atoms with Crippen LogP contribution < -0.4 is 5.32 Å². The highest BCUT2D eigenvalue weighted by molar-refractivity contribution is 7.99. The standard InChI is InChI=1S/C31H27NO3S/c1-2-21-15-16-30(36-29-14-8-3-9-22(29)19-33)23(17-21)18-32-31(34)35-20-28-26-12-6-4-10-24(26)25-11-5-7-13-27(25)28/h3-17,19,28H,2,18,20H2,1H3,(H,32,34). The summed E-state index contributed by atoms with van der Waals surface area (Å²) < 4.78 is 5.71. The lowest BCUT2D eigenvalue weighted by Gasteiger charge is -2.16. The highest BCUT2D eigenvalue weighted by atomic mass is 32.2.